The fourth-order valence-electron chi connectivity index (χ4n) is 7.31. The average molecular weight is 821 g/mol. The molecule has 0 radical (unpaired) electrons. The zero-order valence-electron chi connectivity index (χ0n) is 31.5. The summed E-state index contributed by atoms with van der Waals surface area (Å²) in [7, 11) is 0. The molecule has 5 aromatic rings. The molecule has 0 saturated heterocycles. The maximum atomic E-state index is 6.69. The molecular formula is C45H60Br2N2O2. The van der Waals surface area contributed by atoms with Crippen LogP contribution in [0.5, 0.6) is 11.5 Å². The molecule has 0 aliphatic rings. The molecule has 276 valence electrons. The molecule has 4 aromatic carbocycles. The van der Waals surface area contributed by atoms with Gasteiger partial charge in [-0.3, -0.25) is 0 Å². The minimum atomic E-state index is 0.700. The number of aryl methyl sites for hydroxylation is 1. The Morgan fingerprint density at radius 3 is 1.69 bits per heavy atom. The number of halogens is 2. The van der Waals surface area contributed by atoms with Gasteiger partial charge in [-0.25, -0.2) is 4.98 Å². The topological polar surface area (TPSA) is 36.3 Å². The van der Waals surface area contributed by atoms with Gasteiger partial charge in [0.05, 0.1) is 29.8 Å². The van der Waals surface area contributed by atoms with Crippen LogP contribution in [0.1, 0.15) is 136 Å². The molecule has 1 aromatic heterocycles. The van der Waals surface area contributed by atoms with E-state index < -0.39 is 0 Å². The Kier molecular flexibility index (Phi) is 16.5. The summed E-state index contributed by atoms with van der Waals surface area (Å²) in [6.45, 7) is 9.18. The fourth-order valence-corrected chi connectivity index (χ4v) is 8.03. The van der Waals surface area contributed by atoms with Crippen LogP contribution in [-0.2, 0) is 6.54 Å². The first kappa shape index (κ1) is 39.6. The molecule has 5 rings (SSSR count). The van der Waals surface area contributed by atoms with Crippen molar-refractivity contribution in [1.82, 2.24) is 9.55 Å². The van der Waals surface area contributed by atoms with E-state index in [0.29, 0.717) is 6.61 Å². The van der Waals surface area contributed by atoms with Crippen molar-refractivity contribution < 1.29 is 9.47 Å². The van der Waals surface area contributed by atoms with Crippen LogP contribution in [0.2, 0.25) is 0 Å². The molecule has 1 heterocycles. The molecule has 6 heteroatoms. The molecular weight excluding hydrogens is 760 g/mol. The number of hydrogen-bond donors (Lipinski definition) is 0. The van der Waals surface area contributed by atoms with Gasteiger partial charge in [-0.1, -0.05) is 161 Å². The van der Waals surface area contributed by atoms with Crippen LogP contribution in [0, 0.1) is 0 Å². The molecule has 0 amide bonds. The lowest BCUT2D eigenvalue weighted by atomic mass is 10.00. The smallest absolute Gasteiger partial charge is 0.144 e. The summed E-state index contributed by atoms with van der Waals surface area (Å²) in [5, 5.41) is 4.86. The quantitative estimate of drug-likeness (QED) is 0.0460. The normalized spacial score (nSPS) is 11.7. The number of benzene rings is 4. The third kappa shape index (κ3) is 11.0. The lowest BCUT2D eigenvalue weighted by Crippen LogP contribution is -2.05. The number of hydrogen-bond acceptors (Lipinski definition) is 3. The third-order valence-corrected chi connectivity index (χ3v) is 11.2. The summed E-state index contributed by atoms with van der Waals surface area (Å²) in [5.74, 6) is 2.75. The molecule has 0 saturated carbocycles. The Hall–Kier alpha value is -2.57. The number of rotatable bonds is 24. The molecule has 0 N–H and O–H groups in total. The number of imidazole rings is 1. The SMILES string of the molecule is CCCCCCCCOc1ccc(-c2nc3c4ccc(Br)cc4c4cc(Br)ccc4c3n2CCCCCCCC)c(OCCCCCCCC)c1. The molecule has 51 heavy (non-hydrogen) atoms. The van der Waals surface area contributed by atoms with Crippen molar-refractivity contribution in [3.63, 3.8) is 0 Å². The highest BCUT2D eigenvalue weighted by molar-refractivity contribution is 9.10. The Labute approximate surface area is 324 Å². The van der Waals surface area contributed by atoms with Crippen LogP contribution in [0.25, 0.3) is 44.0 Å². The lowest BCUT2D eigenvalue weighted by Gasteiger charge is -2.16. The maximum Gasteiger partial charge on any atom is 0.144 e. The number of nitrogens with zero attached hydrogens (tertiary/aromatic N) is 2. The second-order valence-corrected chi connectivity index (χ2v) is 16.2. The van der Waals surface area contributed by atoms with Crippen molar-refractivity contribution in [1.29, 1.82) is 0 Å². The molecule has 0 atom stereocenters. The number of unbranched alkanes of at least 4 members (excludes halogenated alkanes) is 15. The Balaban J connectivity index is 1.54. The van der Waals surface area contributed by atoms with Gasteiger partial charge in [-0.05, 0) is 66.4 Å². The van der Waals surface area contributed by atoms with Gasteiger partial charge in [0.2, 0.25) is 0 Å². The lowest BCUT2D eigenvalue weighted by molar-refractivity contribution is 0.290. The second kappa shape index (κ2) is 21.2. The Morgan fingerprint density at radius 2 is 1.06 bits per heavy atom. The summed E-state index contributed by atoms with van der Waals surface area (Å²) in [6.07, 6.45) is 22.4. The van der Waals surface area contributed by atoms with E-state index in [2.05, 4.69) is 112 Å². The van der Waals surface area contributed by atoms with Crippen LogP contribution in [0.15, 0.2) is 63.5 Å². The predicted octanol–water partition coefficient (Wildman–Crippen LogP) is 15.4. The summed E-state index contributed by atoms with van der Waals surface area (Å²) >= 11 is 7.52. The summed E-state index contributed by atoms with van der Waals surface area (Å²) in [5.41, 5.74) is 3.31. The molecule has 4 nitrogen and oxygen atoms in total. The summed E-state index contributed by atoms with van der Waals surface area (Å²) in [4.78, 5) is 5.54. The van der Waals surface area contributed by atoms with Gasteiger partial charge < -0.3 is 14.0 Å². The van der Waals surface area contributed by atoms with Gasteiger partial charge in [0.1, 0.15) is 17.3 Å². The molecule has 0 fully saturated rings. The van der Waals surface area contributed by atoms with Crippen molar-refractivity contribution in [2.24, 2.45) is 0 Å². The van der Waals surface area contributed by atoms with Crippen molar-refractivity contribution in [2.45, 2.75) is 143 Å². The first-order valence-corrected chi connectivity index (χ1v) is 21.7. The van der Waals surface area contributed by atoms with Crippen molar-refractivity contribution in [2.75, 3.05) is 13.2 Å². The second-order valence-electron chi connectivity index (χ2n) is 14.3. The van der Waals surface area contributed by atoms with Crippen molar-refractivity contribution in [3.8, 4) is 22.9 Å². The molecule has 0 bridgehead atoms. The molecule has 0 unspecified atom stereocenters. The highest BCUT2D eigenvalue weighted by atomic mass is 79.9. The van der Waals surface area contributed by atoms with Gasteiger partial charge in [-0.2, -0.15) is 0 Å². The van der Waals surface area contributed by atoms with E-state index >= 15 is 0 Å². The van der Waals surface area contributed by atoms with Gasteiger partial charge in [0.25, 0.3) is 0 Å². The van der Waals surface area contributed by atoms with Crippen LogP contribution in [0.4, 0.5) is 0 Å². The first-order valence-electron chi connectivity index (χ1n) is 20.2. The van der Waals surface area contributed by atoms with Crippen LogP contribution >= 0.6 is 31.9 Å². The third-order valence-electron chi connectivity index (χ3n) is 10.2. The maximum absolute atomic E-state index is 6.69. The fraction of sp³-hybridized carbons (Fsp3) is 0.533. The molecule has 0 aliphatic carbocycles. The number of aromatic nitrogens is 2. The van der Waals surface area contributed by atoms with Gasteiger partial charge in [0, 0.05) is 32.3 Å². The predicted molar refractivity (Wildman–Crippen MR) is 227 cm³/mol. The molecule has 0 spiro atoms. The van der Waals surface area contributed by atoms with E-state index in [1.807, 2.05) is 0 Å². The average Bonchev–Trinajstić information content (AvgIpc) is 3.51. The van der Waals surface area contributed by atoms with Crippen LogP contribution in [0.3, 0.4) is 0 Å². The van der Waals surface area contributed by atoms with Gasteiger partial charge >= 0.3 is 0 Å². The highest BCUT2D eigenvalue weighted by Gasteiger charge is 2.22. The van der Waals surface area contributed by atoms with Crippen molar-refractivity contribution in [3.05, 3.63) is 63.5 Å². The number of ether oxygens (including phenoxy) is 2. The van der Waals surface area contributed by atoms with E-state index in [-0.39, 0.29) is 0 Å². The summed E-state index contributed by atoms with van der Waals surface area (Å²) < 4.78 is 17.7. The zero-order valence-corrected chi connectivity index (χ0v) is 34.7. The Morgan fingerprint density at radius 1 is 0.529 bits per heavy atom. The minimum Gasteiger partial charge on any atom is -0.493 e. The first-order chi connectivity index (χ1) is 25.0. The van der Waals surface area contributed by atoms with Crippen molar-refractivity contribution >= 4 is 64.4 Å². The van der Waals surface area contributed by atoms with E-state index in [1.165, 1.54) is 123 Å². The number of fused-ring (bicyclic) bond motifs is 6. The molecule has 0 aliphatic heterocycles. The monoisotopic (exact) mass is 818 g/mol. The zero-order chi connectivity index (χ0) is 35.8. The summed E-state index contributed by atoms with van der Waals surface area (Å²) in [6, 6.07) is 19.7. The highest BCUT2D eigenvalue weighted by Crippen LogP contribution is 2.42. The van der Waals surface area contributed by atoms with E-state index in [4.69, 9.17) is 14.5 Å². The standard InChI is InChI=1S/C45H60Br2N2O2/c1-4-7-10-13-16-19-28-49-44-38-26-23-35(47)32-41(38)40-31-34(46)22-25-37(40)43(44)48-45(49)39-27-24-36(50-29-20-17-14-11-8-5-2)33-42(39)51-30-21-18-15-12-9-6-3/h22-27,31-33H,4-21,28-30H2,1-3H3. The van der Waals surface area contributed by atoms with Crippen LogP contribution in [-0.4, -0.2) is 22.8 Å². The minimum absolute atomic E-state index is 0.700. The van der Waals surface area contributed by atoms with Gasteiger partial charge in [-0.15, -0.1) is 0 Å². The van der Waals surface area contributed by atoms with Gasteiger partial charge in [0.15, 0.2) is 0 Å². The van der Waals surface area contributed by atoms with Crippen LogP contribution < -0.4 is 9.47 Å². The Bertz CT molecular complexity index is 1810. The largest absolute Gasteiger partial charge is 0.493 e. The van der Waals surface area contributed by atoms with E-state index in [0.717, 1.165) is 69.8 Å². The van der Waals surface area contributed by atoms with E-state index in [1.54, 1.807) is 0 Å². The van der Waals surface area contributed by atoms with E-state index in [9.17, 15) is 0 Å².